The normalized spacial score (nSPS) is 11.6. The first-order chi connectivity index (χ1) is 12.2. The van der Waals surface area contributed by atoms with E-state index in [1.54, 1.807) is 22.1 Å². The number of thiophene rings is 1. The van der Waals surface area contributed by atoms with Crippen molar-refractivity contribution in [3.63, 3.8) is 0 Å². The first kappa shape index (κ1) is 16.0. The van der Waals surface area contributed by atoms with Crippen LogP contribution < -0.4 is 5.32 Å². The third kappa shape index (κ3) is 2.67. The molecule has 2 N–H and O–H groups in total. The molecule has 0 aliphatic carbocycles. The highest BCUT2D eigenvalue weighted by Gasteiger charge is 2.20. The number of furan rings is 1. The summed E-state index contributed by atoms with van der Waals surface area (Å²) in [5.74, 6) is 1.80. The van der Waals surface area contributed by atoms with E-state index in [0.717, 1.165) is 22.3 Å². The Morgan fingerprint density at radius 1 is 1.36 bits per heavy atom. The van der Waals surface area contributed by atoms with Crippen LogP contribution in [0.3, 0.4) is 0 Å². The molecule has 4 rings (SSSR count). The maximum atomic E-state index is 9.02. The van der Waals surface area contributed by atoms with Gasteiger partial charge in [-0.05, 0) is 37.5 Å². The quantitative estimate of drug-likeness (QED) is 0.515. The second-order valence-corrected chi connectivity index (χ2v) is 6.96. The summed E-state index contributed by atoms with van der Waals surface area (Å²) in [7, 11) is 0. The predicted molar refractivity (Wildman–Crippen MR) is 98.2 cm³/mol. The van der Waals surface area contributed by atoms with Crippen molar-refractivity contribution in [1.29, 1.82) is 0 Å². The summed E-state index contributed by atoms with van der Waals surface area (Å²) in [6.07, 6.45) is 3.18. The van der Waals surface area contributed by atoms with Crippen LogP contribution in [0.4, 0.5) is 5.95 Å². The van der Waals surface area contributed by atoms with Gasteiger partial charge in [-0.1, -0.05) is 6.92 Å². The van der Waals surface area contributed by atoms with Crippen molar-refractivity contribution in [2.75, 3.05) is 18.5 Å². The predicted octanol–water partition coefficient (Wildman–Crippen LogP) is 3.26. The zero-order valence-electron chi connectivity index (χ0n) is 14.1. The van der Waals surface area contributed by atoms with Gasteiger partial charge < -0.3 is 14.8 Å². The van der Waals surface area contributed by atoms with Crippen LogP contribution in [0.25, 0.3) is 27.4 Å². The van der Waals surface area contributed by atoms with Crippen LogP contribution in [0.5, 0.6) is 0 Å². The third-order valence-electron chi connectivity index (χ3n) is 4.14. The van der Waals surface area contributed by atoms with E-state index in [9.17, 15) is 0 Å². The molecule has 0 aliphatic heterocycles. The molecule has 0 saturated heterocycles. The Morgan fingerprint density at radius 3 is 2.96 bits per heavy atom. The lowest BCUT2D eigenvalue weighted by atomic mass is 10.1. The monoisotopic (exact) mass is 357 g/mol. The summed E-state index contributed by atoms with van der Waals surface area (Å²) >= 11 is 1.67. The molecule has 0 bridgehead atoms. The fraction of sp³-hybridized carbons (Fsp3) is 0.353. The van der Waals surface area contributed by atoms with Gasteiger partial charge >= 0.3 is 0 Å². The summed E-state index contributed by atoms with van der Waals surface area (Å²) in [5.41, 5.74) is 2.04. The molecule has 0 aliphatic rings. The van der Waals surface area contributed by atoms with Gasteiger partial charge in [0, 0.05) is 18.0 Å². The molecule has 0 radical (unpaired) electrons. The number of rotatable bonds is 6. The van der Waals surface area contributed by atoms with E-state index in [1.165, 1.54) is 10.4 Å². The molecule has 0 aromatic carbocycles. The first-order valence-corrected chi connectivity index (χ1v) is 9.12. The van der Waals surface area contributed by atoms with Crippen LogP contribution in [-0.2, 0) is 6.42 Å². The maximum Gasteiger partial charge on any atom is 0.227 e. The molecule has 4 heterocycles. The molecule has 0 spiro atoms. The lowest BCUT2D eigenvalue weighted by molar-refractivity contribution is 0.292. The van der Waals surface area contributed by atoms with Crippen molar-refractivity contribution in [2.24, 2.45) is 0 Å². The van der Waals surface area contributed by atoms with Crippen LogP contribution >= 0.6 is 11.3 Å². The average Bonchev–Trinajstić information content (AvgIpc) is 3.32. The van der Waals surface area contributed by atoms with Crippen molar-refractivity contribution >= 4 is 33.1 Å². The number of aliphatic hydroxyl groups is 1. The van der Waals surface area contributed by atoms with Crippen molar-refractivity contribution < 1.29 is 9.52 Å². The minimum Gasteiger partial charge on any atom is -0.461 e. The first-order valence-electron chi connectivity index (χ1n) is 8.30. The van der Waals surface area contributed by atoms with Gasteiger partial charge in [-0.15, -0.1) is 16.4 Å². The SMILES string of the molecule is CCc1c(C)sc2nc(NCCCO)n3nc(-c4ccco4)nc3c12. The Balaban J connectivity index is 1.96. The van der Waals surface area contributed by atoms with Crippen LogP contribution in [0.15, 0.2) is 22.8 Å². The fourth-order valence-corrected chi connectivity index (χ4v) is 4.08. The molecule has 25 heavy (non-hydrogen) atoms. The van der Waals surface area contributed by atoms with E-state index in [0.29, 0.717) is 30.5 Å². The van der Waals surface area contributed by atoms with Gasteiger partial charge in [-0.25, -0.2) is 9.97 Å². The molecule has 8 heteroatoms. The lowest BCUT2D eigenvalue weighted by Crippen LogP contribution is -2.10. The van der Waals surface area contributed by atoms with E-state index in [-0.39, 0.29) is 6.61 Å². The third-order valence-corrected chi connectivity index (χ3v) is 5.18. The van der Waals surface area contributed by atoms with Crippen molar-refractivity contribution in [1.82, 2.24) is 19.6 Å². The highest BCUT2D eigenvalue weighted by atomic mass is 32.1. The zero-order chi connectivity index (χ0) is 17.4. The number of nitrogens with zero attached hydrogens (tertiary/aromatic N) is 4. The summed E-state index contributed by atoms with van der Waals surface area (Å²) in [6.45, 7) is 5.00. The molecule has 4 aromatic rings. The van der Waals surface area contributed by atoms with Gasteiger partial charge in [0.2, 0.25) is 11.8 Å². The molecule has 0 unspecified atom stereocenters. The smallest absolute Gasteiger partial charge is 0.227 e. The van der Waals surface area contributed by atoms with Gasteiger partial charge in [0.05, 0.1) is 11.6 Å². The van der Waals surface area contributed by atoms with E-state index in [1.807, 2.05) is 12.1 Å². The van der Waals surface area contributed by atoms with Gasteiger partial charge in [-0.3, -0.25) is 0 Å². The minimum atomic E-state index is 0.130. The van der Waals surface area contributed by atoms with E-state index >= 15 is 0 Å². The lowest BCUT2D eigenvalue weighted by Gasteiger charge is -2.07. The molecule has 0 fully saturated rings. The topological polar surface area (TPSA) is 88.5 Å². The van der Waals surface area contributed by atoms with Crippen molar-refractivity contribution in [2.45, 2.75) is 26.7 Å². The number of fused-ring (bicyclic) bond motifs is 3. The van der Waals surface area contributed by atoms with Crippen LogP contribution in [0.2, 0.25) is 0 Å². The van der Waals surface area contributed by atoms with Crippen LogP contribution in [0, 0.1) is 6.92 Å². The van der Waals surface area contributed by atoms with Gasteiger partial charge in [-0.2, -0.15) is 4.52 Å². The molecular weight excluding hydrogens is 338 g/mol. The average molecular weight is 357 g/mol. The summed E-state index contributed by atoms with van der Waals surface area (Å²) in [4.78, 5) is 11.7. The molecule has 130 valence electrons. The van der Waals surface area contributed by atoms with Gasteiger partial charge in [0.25, 0.3) is 0 Å². The molecule has 0 saturated carbocycles. The Morgan fingerprint density at radius 2 is 2.24 bits per heavy atom. The van der Waals surface area contributed by atoms with E-state index < -0.39 is 0 Å². The summed E-state index contributed by atoms with van der Waals surface area (Å²) in [5, 5.41) is 17.9. The molecule has 0 atom stereocenters. The molecule has 0 amide bonds. The number of anilines is 1. The maximum absolute atomic E-state index is 9.02. The van der Waals surface area contributed by atoms with Crippen LogP contribution in [-0.4, -0.2) is 37.8 Å². The van der Waals surface area contributed by atoms with Crippen LogP contribution in [0.1, 0.15) is 23.8 Å². The highest BCUT2D eigenvalue weighted by Crippen LogP contribution is 2.34. The van der Waals surface area contributed by atoms with Gasteiger partial charge in [0.15, 0.2) is 11.4 Å². The van der Waals surface area contributed by atoms with Crippen molar-refractivity contribution in [3.05, 3.63) is 28.8 Å². The number of nitrogens with one attached hydrogen (secondary N) is 1. The number of aromatic nitrogens is 4. The van der Waals surface area contributed by atoms with E-state index in [4.69, 9.17) is 19.5 Å². The number of aliphatic hydroxyl groups excluding tert-OH is 1. The molecular formula is C17H19N5O2S. The standard InChI is InChI=1S/C17H19N5O2S/c1-3-11-10(2)25-16-13(11)15-19-14(12-6-4-9-24-12)21-22(15)17(20-16)18-7-5-8-23/h4,6,9,23H,3,5,7-8H2,1-2H3,(H,18,20). The molecule has 7 nitrogen and oxygen atoms in total. The number of aryl methyl sites for hydroxylation is 2. The fourth-order valence-electron chi connectivity index (χ4n) is 2.97. The molecule has 4 aromatic heterocycles. The zero-order valence-corrected chi connectivity index (χ0v) is 14.9. The second-order valence-electron chi connectivity index (χ2n) is 5.76. The summed E-state index contributed by atoms with van der Waals surface area (Å²) < 4.78 is 7.19. The van der Waals surface area contributed by atoms with Gasteiger partial charge in [0.1, 0.15) is 4.83 Å². The number of hydrogen-bond acceptors (Lipinski definition) is 7. The largest absolute Gasteiger partial charge is 0.461 e. The Bertz CT molecular complexity index is 1020. The Hall–Kier alpha value is -2.45. The minimum absolute atomic E-state index is 0.130. The Kier molecular flexibility index (Phi) is 4.14. The number of hydrogen-bond donors (Lipinski definition) is 2. The van der Waals surface area contributed by atoms with E-state index in [2.05, 4.69) is 24.3 Å². The highest BCUT2D eigenvalue weighted by molar-refractivity contribution is 7.18. The second kappa shape index (κ2) is 6.45. The Labute approximate surface area is 148 Å². The summed E-state index contributed by atoms with van der Waals surface area (Å²) in [6, 6.07) is 3.67. The van der Waals surface area contributed by atoms with Crippen molar-refractivity contribution in [3.8, 4) is 11.6 Å².